The number of nitriles is 1. The van der Waals surface area contributed by atoms with Crippen LogP contribution in [0.15, 0.2) is 0 Å². The van der Waals surface area contributed by atoms with Gasteiger partial charge in [0.1, 0.15) is 0 Å². The van der Waals surface area contributed by atoms with Crippen molar-refractivity contribution in [1.29, 1.82) is 5.26 Å². The number of hydrogen-bond acceptors (Lipinski definition) is 3. The number of carbonyl (C=O) groups excluding carboxylic acids is 1. The van der Waals surface area contributed by atoms with Crippen LogP contribution >= 0.6 is 0 Å². The van der Waals surface area contributed by atoms with Crippen LogP contribution in [-0.2, 0) is 4.79 Å². The van der Waals surface area contributed by atoms with Crippen LogP contribution in [0.1, 0.15) is 45.4 Å². The van der Waals surface area contributed by atoms with Gasteiger partial charge >= 0.3 is 0 Å². The van der Waals surface area contributed by atoms with E-state index in [0.717, 1.165) is 25.9 Å². The van der Waals surface area contributed by atoms with Gasteiger partial charge in [0.05, 0.1) is 11.6 Å². The predicted octanol–water partition coefficient (Wildman–Crippen LogP) is 1.33. The van der Waals surface area contributed by atoms with E-state index in [1.165, 1.54) is 32.6 Å². The standard InChI is InChI=1S/C10H18N2O.C2H3N/c13-9-10(12-8-7-11-9)5-3-1-2-4-6-10;1-2-3/h12H,1-8H2,(H,11,13);1H3. The zero-order valence-corrected chi connectivity index (χ0v) is 10.0. The lowest BCUT2D eigenvalue weighted by Gasteiger charge is -2.36. The van der Waals surface area contributed by atoms with Crippen LogP contribution in [0.2, 0.25) is 0 Å². The smallest absolute Gasteiger partial charge is 0.240 e. The van der Waals surface area contributed by atoms with Gasteiger partial charge in [0, 0.05) is 20.0 Å². The van der Waals surface area contributed by atoms with Crippen molar-refractivity contribution >= 4 is 5.91 Å². The summed E-state index contributed by atoms with van der Waals surface area (Å²) in [7, 11) is 0. The average molecular weight is 223 g/mol. The highest BCUT2D eigenvalue weighted by atomic mass is 16.2. The van der Waals surface area contributed by atoms with Gasteiger partial charge in [-0.15, -0.1) is 0 Å². The Kier molecular flexibility index (Phi) is 5.27. The van der Waals surface area contributed by atoms with Gasteiger partial charge in [-0.2, -0.15) is 5.26 Å². The van der Waals surface area contributed by atoms with E-state index in [1.54, 1.807) is 6.07 Å². The lowest BCUT2D eigenvalue weighted by Crippen LogP contribution is -2.62. The third kappa shape index (κ3) is 3.21. The average Bonchev–Trinajstić information content (AvgIpc) is 2.51. The van der Waals surface area contributed by atoms with Gasteiger partial charge in [0.15, 0.2) is 0 Å². The lowest BCUT2D eigenvalue weighted by molar-refractivity contribution is -0.129. The van der Waals surface area contributed by atoms with Gasteiger partial charge in [-0.25, -0.2) is 0 Å². The molecule has 90 valence electrons. The molecule has 2 aliphatic rings. The fraction of sp³-hybridized carbons (Fsp3) is 0.833. The maximum Gasteiger partial charge on any atom is 0.240 e. The molecule has 0 aromatic carbocycles. The van der Waals surface area contributed by atoms with E-state index in [0.29, 0.717) is 0 Å². The first kappa shape index (κ1) is 13.0. The van der Waals surface area contributed by atoms with Crippen molar-refractivity contribution in [2.24, 2.45) is 0 Å². The largest absolute Gasteiger partial charge is 0.353 e. The molecule has 0 unspecified atom stereocenters. The number of rotatable bonds is 0. The third-order valence-corrected chi connectivity index (χ3v) is 3.27. The number of nitrogens with one attached hydrogen (secondary N) is 2. The summed E-state index contributed by atoms with van der Waals surface area (Å²) in [5.74, 6) is 0.237. The molecule has 1 aliphatic heterocycles. The molecule has 1 spiro atoms. The topological polar surface area (TPSA) is 64.9 Å². The molecule has 1 heterocycles. The first-order valence-electron chi connectivity index (χ1n) is 6.09. The second-order valence-electron chi connectivity index (χ2n) is 4.40. The predicted molar refractivity (Wildman–Crippen MR) is 62.7 cm³/mol. The maximum atomic E-state index is 11.8. The highest BCUT2D eigenvalue weighted by Gasteiger charge is 2.39. The summed E-state index contributed by atoms with van der Waals surface area (Å²) in [6.07, 6.45) is 7.02. The quantitative estimate of drug-likeness (QED) is 0.651. The van der Waals surface area contributed by atoms with Crippen LogP contribution in [0.25, 0.3) is 0 Å². The highest BCUT2D eigenvalue weighted by Crippen LogP contribution is 2.28. The summed E-state index contributed by atoms with van der Waals surface area (Å²) in [4.78, 5) is 11.8. The molecule has 2 rings (SSSR count). The Morgan fingerprint density at radius 2 is 1.75 bits per heavy atom. The van der Waals surface area contributed by atoms with Crippen LogP contribution in [0, 0.1) is 11.3 Å². The Labute approximate surface area is 97.4 Å². The Morgan fingerprint density at radius 3 is 2.25 bits per heavy atom. The SMILES string of the molecule is CC#N.O=C1NCCNC12CCCCCC2. The second kappa shape index (κ2) is 6.49. The summed E-state index contributed by atoms with van der Waals surface area (Å²) in [6, 6.07) is 1.75. The fourth-order valence-corrected chi connectivity index (χ4v) is 2.46. The lowest BCUT2D eigenvalue weighted by atomic mass is 9.88. The first-order valence-corrected chi connectivity index (χ1v) is 6.09. The monoisotopic (exact) mass is 223 g/mol. The van der Waals surface area contributed by atoms with E-state index in [4.69, 9.17) is 5.26 Å². The summed E-state index contributed by atoms with van der Waals surface area (Å²) in [6.45, 7) is 3.16. The normalized spacial score (nSPS) is 23.4. The number of carbonyl (C=O) groups is 1. The van der Waals surface area contributed by atoms with Crippen molar-refractivity contribution in [3.63, 3.8) is 0 Å². The Hall–Kier alpha value is -1.08. The van der Waals surface area contributed by atoms with Crippen molar-refractivity contribution in [2.45, 2.75) is 51.0 Å². The molecule has 0 atom stereocenters. The Balaban J connectivity index is 0.000000386. The third-order valence-electron chi connectivity index (χ3n) is 3.27. The van der Waals surface area contributed by atoms with Crippen LogP contribution in [-0.4, -0.2) is 24.5 Å². The van der Waals surface area contributed by atoms with Crippen LogP contribution in [0.4, 0.5) is 0 Å². The van der Waals surface area contributed by atoms with Crippen molar-refractivity contribution in [3.8, 4) is 6.07 Å². The van der Waals surface area contributed by atoms with Gasteiger partial charge in [-0.3, -0.25) is 4.79 Å². The molecule has 0 aromatic heterocycles. The molecular formula is C12H21N3O. The van der Waals surface area contributed by atoms with Gasteiger partial charge in [0.25, 0.3) is 0 Å². The van der Waals surface area contributed by atoms with Crippen LogP contribution in [0.5, 0.6) is 0 Å². The van der Waals surface area contributed by atoms with Crippen molar-refractivity contribution < 1.29 is 4.79 Å². The van der Waals surface area contributed by atoms with Crippen molar-refractivity contribution in [1.82, 2.24) is 10.6 Å². The summed E-state index contributed by atoms with van der Waals surface area (Å²) >= 11 is 0. The van der Waals surface area contributed by atoms with Crippen molar-refractivity contribution in [3.05, 3.63) is 0 Å². The first-order chi connectivity index (χ1) is 7.75. The minimum atomic E-state index is -0.200. The van der Waals surface area contributed by atoms with E-state index in [2.05, 4.69) is 10.6 Å². The second-order valence-corrected chi connectivity index (χ2v) is 4.40. The minimum Gasteiger partial charge on any atom is -0.353 e. The number of nitrogens with zero attached hydrogens (tertiary/aromatic N) is 1. The van der Waals surface area contributed by atoms with E-state index in [9.17, 15) is 4.79 Å². The summed E-state index contributed by atoms with van der Waals surface area (Å²) in [5.41, 5.74) is -0.200. The number of hydrogen-bond donors (Lipinski definition) is 2. The molecule has 1 aliphatic carbocycles. The molecule has 16 heavy (non-hydrogen) atoms. The molecule has 0 bridgehead atoms. The van der Waals surface area contributed by atoms with Gasteiger partial charge in [-0.05, 0) is 12.8 Å². The van der Waals surface area contributed by atoms with Crippen LogP contribution < -0.4 is 10.6 Å². The molecule has 1 saturated carbocycles. The molecule has 2 N–H and O–H groups in total. The van der Waals surface area contributed by atoms with Gasteiger partial charge in [-0.1, -0.05) is 25.7 Å². The summed E-state index contributed by atoms with van der Waals surface area (Å²) < 4.78 is 0. The molecule has 0 radical (unpaired) electrons. The van der Waals surface area contributed by atoms with E-state index in [-0.39, 0.29) is 11.4 Å². The molecule has 4 heteroatoms. The molecular weight excluding hydrogens is 202 g/mol. The molecule has 1 amide bonds. The zero-order chi connectivity index (χ0) is 11.9. The van der Waals surface area contributed by atoms with Crippen LogP contribution in [0.3, 0.4) is 0 Å². The highest BCUT2D eigenvalue weighted by molar-refractivity contribution is 5.87. The van der Waals surface area contributed by atoms with Gasteiger partial charge in [0.2, 0.25) is 5.91 Å². The Morgan fingerprint density at radius 1 is 1.19 bits per heavy atom. The maximum absolute atomic E-state index is 11.8. The fourth-order valence-electron chi connectivity index (χ4n) is 2.46. The molecule has 4 nitrogen and oxygen atoms in total. The minimum absolute atomic E-state index is 0.200. The molecule has 2 fully saturated rings. The molecule has 1 saturated heterocycles. The molecule has 0 aromatic rings. The summed E-state index contributed by atoms with van der Waals surface area (Å²) in [5, 5.41) is 13.7. The zero-order valence-electron chi connectivity index (χ0n) is 10.0. The van der Waals surface area contributed by atoms with E-state index >= 15 is 0 Å². The number of piperazine rings is 1. The van der Waals surface area contributed by atoms with Crippen molar-refractivity contribution in [2.75, 3.05) is 13.1 Å². The number of amides is 1. The van der Waals surface area contributed by atoms with E-state index in [1.807, 2.05) is 0 Å². The Bertz CT molecular complexity index is 262. The van der Waals surface area contributed by atoms with E-state index < -0.39 is 0 Å². The van der Waals surface area contributed by atoms with Gasteiger partial charge < -0.3 is 10.6 Å².